The topological polar surface area (TPSA) is 57.8 Å². The Balaban J connectivity index is 1.14. The molecule has 1 N–H and O–H groups in total. The van der Waals surface area contributed by atoms with Gasteiger partial charge in [0, 0.05) is 35.1 Å². The molecule has 7 heteroatoms. The number of H-pyrrole nitrogens is 1. The first-order chi connectivity index (χ1) is 19.4. The number of halogens is 1. The van der Waals surface area contributed by atoms with Gasteiger partial charge in [-0.05, 0) is 98.8 Å². The largest absolute Gasteiger partial charge is 0.493 e. The lowest BCUT2D eigenvalue weighted by molar-refractivity contribution is -0.0256. The number of likely N-dealkylation sites (N-methyl/N-ethyl adjacent to an activating group) is 1. The average Bonchev–Trinajstić information content (AvgIpc) is 3.49. The highest BCUT2D eigenvalue weighted by Crippen LogP contribution is 2.67. The van der Waals surface area contributed by atoms with Gasteiger partial charge in [-0.2, -0.15) is 0 Å². The quantitative estimate of drug-likeness (QED) is 0.441. The summed E-state index contributed by atoms with van der Waals surface area (Å²) < 4.78 is 12.7. The van der Waals surface area contributed by atoms with E-state index in [1.165, 1.54) is 22.3 Å². The second kappa shape index (κ2) is 8.77. The molecule has 3 aromatic rings. The summed E-state index contributed by atoms with van der Waals surface area (Å²) in [5.41, 5.74) is 8.13. The summed E-state index contributed by atoms with van der Waals surface area (Å²) in [5, 5.41) is 0.828. The van der Waals surface area contributed by atoms with Crippen molar-refractivity contribution in [3.63, 3.8) is 0 Å². The molecule has 5 aliphatic rings. The lowest BCUT2D eigenvalue weighted by Gasteiger charge is -2.57. The molecule has 40 heavy (non-hydrogen) atoms. The Hall–Kier alpha value is -2.96. The molecule has 0 radical (unpaired) electrons. The van der Waals surface area contributed by atoms with Gasteiger partial charge >= 0.3 is 0 Å². The molecule has 6 nitrogen and oxygen atoms in total. The predicted octanol–water partition coefficient (Wildman–Crippen LogP) is 5.81. The maximum Gasteiger partial charge on any atom is 0.270 e. The normalized spacial score (nSPS) is 28.6. The number of amides is 1. The van der Waals surface area contributed by atoms with Gasteiger partial charge in [0.25, 0.3) is 5.91 Å². The molecule has 1 spiro atoms. The highest BCUT2D eigenvalue weighted by atomic mass is 35.5. The third kappa shape index (κ3) is 3.18. The number of benzene rings is 2. The van der Waals surface area contributed by atoms with Gasteiger partial charge < -0.3 is 24.3 Å². The molecule has 0 saturated carbocycles. The van der Waals surface area contributed by atoms with Crippen LogP contribution in [0.5, 0.6) is 11.5 Å². The van der Waals surface area contributed by atoms with Crippen LogP contribution in [0.3, 0.4) is 0 Å². The van der Waals surface area contributed by atoms with E-state index in [2.05, 4.69) is 48.1 Å². The molecule has 4 heterocycles. The Labute approximate surface area is 240 Å². The van der Waals surface area contributed by atoms with Crippen LogP contribution in [0.1, 0.15) is 75.3 Å². The fraction of sp³-hybridized carbons (Fsp3) is 0.485. The third-order valence-corrected chi connectivity index (χ3v) is 11.4. The van der Waals surface area contributed by atoms with Gasteiger partial charge in [0.15, 0.2) is 11.5 Å². The van der Waals surface area contributed by atoms with Crippen molar-refractivity contribution in [2.75, 3.05) is 33.8 Å². The maximum atomic E-state index is 14.0. The summed E-state index contributed by atoms with van der Waals surface area (Å²) >= 11 is 6.49. The van der Waals surface area contributed by atoms with E-state index in [0.717, 1.165) is 85.2 Å². The number of hydrogen-bond acceptors (Lipinski definition) is 4. The van der Waals surface area contributed by atoms with E-state index in [1.807, 2.05) is 17.0 Å². The van der Waals surface area contributed by atoms with Crippen molar-refractivity contribution in [1.82, 2.24) is 14.8 Å². The number of nitrogens with zero attached hydrogens (tertiary/aromatic N) is 2. The SMILES string of the molecule is COc1ccc2c3c1O[C@H]1c4[nH]c(C(=O)N5CCC(c6ccccc6Cl)CC5)c(C)c4C[C@H]4[C@H](C2)N(C)CCC314. The second-order valence-corrected chi connectivity index (χ2v) is 13.0. The molecular formula is C33H36ClN3O3. The zero-order valence-electron chi connectivity index (χ0n) is 23.4. The Morgan fingerprint density at radius 3 is 2.70 bits per heavy atom. The molecule has 8 rings (SSSR count). The highest BCUT2D eigenvalue weighted by Gasteiger charge is 2.65. The molecule has 2 saturated heterocycles. The van der Waals surface area contributed by atoms with Gasteiger partial charge in [0.05, 0.1) is 12.8 Å². The van der Waals surface area contributed by atoms with E-state index >= 15 is 0 Å². The van der Waals surface area contributed by atoms with Crippen molar-refractivity contribution >= 4 is 17.5 Å². The molecule has 1 aromatic heterocycles. The lowest BCUT2D eigenvalue weighted by Crippen LogP contribution is -2.62. The van der Waals surface area contributed by atoms with Crippen LogP contribution in [0.4, 0.5) is 0 Å². The smallest absolute Gasteiger partial charge is 0.270 e. The van der Waals surface area contributed by atoms with Gasteiger partial charge in [0.1, 0.15) is 11.8 Å². The van der Waals surface area contributed by atoms with E-state index < -0.39 is 0 Å². The van der Waals surface area contributed by atoms with Crippen molar-refractivity contribution in [2.24, 2.45) is 5.92 Å². The number of carbonyl (C=O) groups excluding carboxylic acids is 1. The van der Waals surface area contributed by atoms with Gasteiger partial charge in [-0.25, -0.2) is 0 Å². The van der Waals surface area contributed by atoms with Crippen molar-refractivity contribution in [1.29, 1.82) is 0 Å². The molecule has 4 atom stereocenters. The first-order valence-corrected chi connectivity index (χ1v) is 15.1. The summed E-state index contributed by atoms with van der Waals surface area (Å²) in [6, 6.07) is 12.9. The van der Waals surface area contributed by atoms with Crippen LogP contribution in [0.2, 0.25) is 5.02 Å². The van der Waals surface area contributed by atoms with Gasteiger partial charge in [-0.3, -0.25) is 4.79 Å². The maximum absolute atomic E-state index is 14.0. The van der Waals surface area contributed by atoms with Crippen molar-refractivity contribution in [3.8, 4) is 11.5 Å². The van der Waals surface area contributed by atoms with Gasteiger partial charge in [-0.1, -0.05) is 35.9 Å². The summed E-state index contributed by atoms with van der Waals surface area (Å²) in [6.45, 7) is 4.66. The standard InChI is InChI=1S/C33H36ClN3O3/c1-18-22-17-23-25-16-20-8-9-26(39-3)30-27(20)33(23,12-15-36(25)2)31(40-30)29(22)35-28(18)32(38)37-13-10-19(11-14-37)21-6-4-5-7-24(21)34/h4-9,19,23,25,31,35H,10-17H2,1-3H3/t23-,25-,31-,33?/m0/s1. The number of nitrogens with one attached hydrogen (secondary N) is 1. The summed E-state index contributed by atoms with van der Waals surface area (Å²) in [6.07, 6.45) is 4.81. The number of aromatic amines is 1. The van der Waals surface area contributed by atoms with Crippen LogP contribution in [-0.4, -0.2) is 60.5 Å². The Kier molecular flexibility index (Phi) is 5.44. The molecule has 1 amide bonds. The number of hydrogen-bond donors (Lipinski definition) is 1. The number of rotatable bonds is 3. The van der Waals surface area contributed by atoms with Crippen molar-refractivity contribution < 1.29 is 14.3 Å². The van der Waals surface area contributed by atoms with Crippen LogP contribution in [0.25, 0.3) is 0 Å². The zero-order valence-corrected chi connectivity index (χ0v) is 24.2. The number of ether oxygens (including phenoxy) is 2. The Bertz CT molecular complexity index is 1540. The zero-order chi connectivity index (χ0) is 27.3. The number of aromatic nitrogens is 1. The summed E-state index contributed by atoms with van der Waals surface area (Å²) in [7, 11) is 4.01. The minimum absolute atomic E-state index is 0.0768. The number of piperidine rings is 2. The first kappa shape index (κ1) is 24.8. The predicted molar refractivity (Wildman–Crippen MR) is 155 cm³/mol. The van der Waals surface area contributed by atoms with Gasteiger partial charge in [0.2, 0.25) is 0 Å². The number of methoxy groups -OCH3 is 1. The number of likely N-dealkylation sites (tertiary alicyclic amines) is 2. The van der Waals surface area contributed by atoms with Crippen molar-refractivity contribution in [2.45, 2.75) is 62.5 Å². The van der Waals surface area contributed by atoms with Crippen molar-refractivity contribution in [3.05, 3.63) is 80.6 Å². The molecule has 2 bridgehead atoms. The molecule has 1 unspecified atom stereocenters. The minimum Gasteiger partial charge on any atom is -0.493 e. The molecule has 3 aliphatic heterocycles. The van der Waals surface area contributed by atoms with E-state index in [4.69, 9.17) is 21.1 Å². The van der Waals surface area contributed by atoms with Crippen LogP contribution in [0, 0.1) is 12.8 Å². The van der Waals surface area contributed by atoms with Crippen LogP contribution >= 0.6 is 11.6 Å². The molecule has 208 valence electrons. The number of fused-ring (bicyclic) bond motifs is 2. The van der Waals surface area contributed by atoms with Gasteiger partial charge in [-0.15, -0.1) is 0 Å². The molecule has 2 aliphatic carbocycles. The first-order valence-electron chi connectivity index (χ1n) is 14.7. The summed E-state index contributed by atoms with van der Waals surface area (Å²) in [4.78, 5) is 22.3. The Morgan fingerprint density at radius 1 is 1.12 bits per heavy atom. The monoisotopic (exact) mass is 557 g/mol. The van der Waals surface area contributed by atoms with Crippen LogP contribution in [-0.2, 0) is 18.3 Å². The Morgan fingerprint density at radius 2 is 1.93 bits per heavy atom. The minimum atomic E-state index is -0.117. The number of carbonyl (C=O) groups is 1. The van der Waals surface area contributed by atoms with Crippen LogP contribution < -0.4 is 9.47 Å². The second-order valence-electron chi connectivity index (χ2n) is 12.6. The van der Waals surface area contributed by atoms with E-state index in [0.29, 0.717) is 17.9 Å². The van der Waals surface area contributed by atoms with Crippen LogP contribution in [0.15, 0.2) is 36.4 Å². The fourth-order valence-electron chi connectivity index (χ4n) is 9.01. The lowest BCUT2D eigenvalue weighted by atomic mass is 9.51. The fourth-order valence-corrected chi connectivity index (χ4v) is 9.30. The van der Waals surface area contributed by atoms with E-state index in [9.17, 15) is 4.79 Å². The molecular weight excluding hydrogens is 522 g/mol. The highest BCUT2D eigenvalue weighted by molar-refractivity contribution is 6.31. The van der Waals surface area contributed by atoms with E-state index in [1.54, 1.807) is 7.11 Å². The molecule has 2 fully saturated rings. The van der Waals surface area contributed by atoms with E-state index in [-0.39, 0.29) is 17.4 Å². The third-order valence-electron chi connectivity index (χ3n) is 11.0. The average molecular weight is 558 g/mol. The molecule has 2 aromatic carbocycles. The summed E-state index contributed by atoms with van der Waals surface area (Å²) in [5.74, 6) is 2.70.